The number of hydrogen-bond donors (Lipinski definition) is 1. The van der Waals surface area contributed by atoms with Gasteiger partial charge < -0.3 is 5.73 Å². The number of fused-ring (bicyclic) bond motifs is 1. The van der Waals surface area contributed by atoms with Gasteiger partial charge in [-0.15, -0.1) is 23.7 Å². The van der Waals surface area contributed by atoms with Gasteiger partial charge in [0.15, 0.2) is 0 Å². The summed E-state index contributed by atoms with van der Waals surface area (Å²) in [6.07, 6.45) is 1.67. The summed E-state index contributed by atoms with van der Waals surface area (Å²) in [5.41, 5.74) is 6.39. The van der Waals surface area contributed by atoms with Crippen LogP contribution in [0.5, 0.6) is 0 Å². The summed E-state index contributed by atoms with van der Waals surface area (Å²) in [6, 6.07) is 7.49. The number of aromatic nitrogens is 1. The van der Waals surface area contributed by atoms with Crippen molar-refractivity contribution < 1.29 is 8.42 Å². The van der Waals surface area contributed by atoms with Crippen LogP contribution in [0.3, 0.4) is 0 Å². The van der Waals surface area contributed by atoms with Gasteiger partial charge in [-0.3, -0.25) is 0 Å². The van der Waals surface area contributed by atoms with E-state index in [0.717, 1.165) is 23.1 Å². The Hall–Kier alpha value is -0.730. The third-order valence-corrected chi connectivity index (χ3v) is 7.03. The van der Waals surface area contributed by atoms with Crippen LogP contribution in [0.25, 0.3) is 10.2 Å². The third-order valence-electron chi connectivity index (χ3n) is 3.74. The van der Waals surface area contributed by atoms with Crippen LogP contribution in [0.2, 0.25) is 0 Å². The first-order valence-corrected chi connectivity index (χ1v) is 8.92. The van der Waals surface area contributed by atoms with E-state index in [-0.39, 0.29) is 16.7 Å². The molecule has 1 aromatic heterocycles. The molecule has 1 saturated heterocycles. The molecule has 0 aliphatic carbocycles. The van der Waals surface area contributed by atoms with Gasteiger partial charge in [0.2, 0.25) is 4.34 Å². The van der Waals surface area contributed by atoms with Crippen molar-refractivity contribution in [3.63, 3.8) is 0 Å². The lowest BCUT2D eigenvalue weighted by Crippen LogP contribution is -2.39. The third kappa shape index (κ3) is 3.22. The van der Waals surface area contributed by atoms with E-state index in [0.29, 0.717) is 25.6 Å². The van der Waals surface area contributed by atoms with Gasteiger partial charge in [0, 0.05) is 13.1 Å². The van der Waals surface area contributed by atoms with E-state index >= 15 is 0 Å². The van der Waals surface area contributed by atoms with E-state index in [1.54, 1.807) is 0 Å². The molecule has 0 amide bonds. The van der Waals surface area contributed by atoms with Gasteiger partial charge in [0.25, 0.3) is 10.0 Å². The summed E-state index contributed by atoms with van der Waals surface area (Å²) in [4.78, 5) is 4.26. The molecular weight excluding hydrogens is 330 g/mol. The van der Waals surface area contributed by atoms with Gasteiger partial charge in [0.1, 0.15) is 0 Å². The Morgan fingerprint density at radius 1 is 1.29 bits per heavy atom. The van der Waals surface area contributed by atoms with Crippen molar-refractivity contribution >= 4 is 44.0 Å². The second-order valence-corrected chi connectivity index (χ2v) is 8.17. The maximum Gasteiger partial charge on any atom is 0.270 e. The van der Waals surface area contributed by atoms with Gasteiger partial charge in [-0.2, -0.15) is 4.31 Å². The highest BCUT2D eigenvalue weighted by atomic mass is 35.5. The normalized spacial score (nSPS) is 17.8. The van der Waals surface area contributed by atoms with Crippen LogP contribution in [-0.4, -0.2) is 37.3 Å². The molecule has 116 valence electrons. The smallest absolute Gasteiger partial charge is 0.270 e. The standard InChI is InChI=1S/C13H17N3O2S2.ClH/c14-9-10-5-7-16(8-6-10)20(17,18)13-15-11-3-1-2-4-12(11)19-13;/h1-4,10H,5-9,14H2;1H. The molecule has 21 heavy (non-hydrogen) atoms. The fraction of sp³-hybridized carbons (Fsp3) is 0.462. The van der Waals surface area contributed by atoms with Crippen LogP contribution in [0.1, 0.15) is 12.8 Å². The molecule has 2 heterocycles. The van der Waals surface area contributed by atoms with Gasteiger partial charge in [-0.1, -0.05) is 12.1 Å². The number of halogens is 1. The fourth-order valence-corrected chi connectivity index (χ4v) is 5.29. The molecule has 0 unspecified atom stereocenters. The highest BCUT2D eigenvalue weighted by molar-refractivity contribution is 7.91. The van der Waals surface area contributed by atoms with Crippen molar-refractivity contribution in [2.45, 2.75) is 17.2 Å². The molecule has 2 N–H and O–H groups in total. The summed E-state index contributed by atoms with van der Waals surface area (Å²) in [7, 11) is -3.46. The predicted octanol–water partition coefficient (Wildman–Crippen LogP) is 2.08. The van der Waals surface area contributed by atoms with E-state index in [9.17, 15) is 8.42 Å². The van der Waals surface area contributed by atoms with Gasteiger partial charge in [-0.25, -0.2) is 13.4 Å². The van der Waals surface area contributed by atoms with Crippen LogP contribution in [0.15, 0.2) is 28.6 Å². The Bertz CT molecular complexity index is 676. The molecule has 5 nitrogen and oxygen atoms in total. The molecule has 1 aromatic carbocycles. The zero-order valence-electron chi connectivity index (χ0n) is 11.4. The van der Waals surface area contributed by atoms with Crippen molar-refractivity contribution in [1.82, 2.24) is 9.29 Å². The summed E-state index contributed by atoms with van der Waals surface area (Å²) < 4.78 is 27.8. The Morgan fingerprint density at radius 3 is 2.57 bits per heavy atom. The van der Waals surface area contributed by atoms with E-state index < -0.39 is 10.0 Å². The second-order valence-electron chi connectivity index (χ2n) is 5.03. The number of nitrogens with two attached hydrogens (primary N) is 1. The predicted molar refractivity (Wildman–Crippen MR) is 87.4 cm³/mol. The van der Waals surface area contributed by atoms with Crippen LogP contribution < -0.4 is 5.73 Å². The largest absolute Gasteiger partial charge is 0.330 e. The molecule has 1 fully saturated rings. The number of benzene rings is 1. The zero-order valence-corrected chi connectivity index (χ0v) is 13.9. The average molecular weight is 348 g/mol. The monoisotopic (exact) mass is 347 g/mol. The van der Waals surface area contributed by atoms with Crippen LogP contribution in [0.4, 0.5) is 0 Å². The fourth-order valence-electron chi connectivity index (χ4n) is 2.46. The van der Waals surface area contributed by atoms with Crippen LogP contribution in [-0.2, 0) is 10.0 Å². The van der Waals surface area contributed by atoms with Crippen molar-refractivity contribution in [2.75, 3.05) is 19.6 Å². The van der Waals surface area contributed by atoms with E-state index in [2.05, 4.69) is 4.98 Å². The van der Waals surface area contributed by atoms with Crippen molar-refractivity contribution in [3.05, 3.63) is 24.3 Å². The lowest BCUT2D eigenvalue weighted by molar-refractivity contribution is 0.278. The van der Waals surface area contributed by atoms with Gasteiger partial charge in [0.05, 0.1) is 10.2 Å². The van der Waals surface area contributed by atoms with Crippen LogP contribution >= 0.6 is 23.7 Å². The molecule has 0 spiro atoms. The Morgan fingerprint density at radius 2 is 1.95 bits per heavy atom. The number of rotatable bonds is 3. The molecule has 2 aromatic rings. The van der Waals surface area contributed by atoms with Crippen molar-refractivity contribution in [2.24, 2.45) is 11.7 Å². The molecule has 0 radical (unpaired) electrons. The number of para-hydroxylation sites is 1. The first-order chi connectivity index (χ1) is 9.61. The number of thiazole rings is 1. The molecule has 1 aliphatic rings. The summed E-state index contributed by atoms with van der Waals surface area (Å²) in [6.45, 7) is 1.72. The molecule has 0 bridgehead atoms. The summed E-state index contributed by atoms with van der Waals surface area (Å²) in [5, 5.41) is 0. The maximum absolute atomic E-state index is 12.6. The number of nitrogens with zero attached hydrogens (tertiary/aromatic N) is 2. The lowest BCUT2D eigenvalue weighted by atomic mass is 9.99. The minimum Gasteiger partial charge on any atom is -0.330 e. The first-order valence-electron chi connectivity index (χ1n) is 6.67. The highest BCUT2D eigenvalue weighted by Gasteiger charge is 2.31. The summed E-state index contributed by atoms with van der Waals surface area (Å²) in [5.74, 6) is 0.441. The SMILES string of the molecule is Cl.NCC1CCN(S(=O)(=O)c2nc3ccccc3s2)CC1. The quantitative estimate of drug-likeness (QED) is 0.922. The first kappa shape index (κ1) is 16.6. The van der Waals surface area contributed by atoms with Gasteiger partial charge >= 0.3 is 0 Å². The molecular formula is C13H18ClN3O2S2. The summed E-state index contributed by atoms with van der Waals surface area (Å²) >= 11 is 1.24. The molecule has 8 heteroatoms. The number of hydrogen-bond acceptors (Lipinski definition) is 5. The molecule has 0 saturated carbocycles. The Kier molecular flexibility index (Phi) is 5.21. The second kappa shape index (κ2) is 6.58. The van der Waals surface area contributed by atoms with E-state index in [1.807, 2.05) is 24.3 Å². The van der Waals surface area contributed by atoms with Crippen LogP contribution in [0, 0.1) is 5.92 Å². The van der Waals surface area contributed by atoms with Crippen molar-refractivity contribution in [1.29, 1.82) is 0 Å². The number of piperidine rings is 1. The topological polar surface area (TPSA) is 76.3 Å². The van der Waals surface area contributed by atoms with Gasteiger partial charge in [-0.05, 0) is 37.4 Å². The number of sulfonamides is 1. The molecule has 3 rings (SSSR count). The highest BCUT2D eigenvalue weighted by Crippen LogP contribution is 2.29. The zero-order chi connectivity index (χ0) is 14.2. The average Bonchev–Trinajstić information content (AvgIpc) is 2.92. The minimum atomic E-state index is -3.46. The molecule has 1 aliphatic heterocycles. The van der Waals surface area contributed by atoms with E-state index in [4.69, 9.17) is 5.73 Å². The Balaban J connectivity index is 0.00000161. The lowest BCUT2D eigenvalue weighted by Gasteiger charge is -2.29. The van der Waals surface area contributed by atoms with Crippen molar-refractivity contribution in [3.8, 4) is 0 Å². The molecule has 0 atom stereocenters. The van der Waals surface area contributed by atoms with E-state index in [1.165, 1.54) is 15.6 Å². The Labute approximate surface area is 134 Å². The minimum absolute atomic E-state index is 0. The maximum atomic E-state index is 12.6.